The molecule has 0 aromatic heterocycles. The Morgan fingerprint density at radius 3 is 2.59 bits per heavy atom. The molecule has 120 valence electrons. The molecule has 1 saturated heterocycles. The van der Waals surface area contributed by atoms with Crippen LogP contribution in [0, 0.1) is 5.92 Å². The van der Waals surface area contributed by atoms with Crippen LogP contribution in [0.2, 0.25) is 0 Å². The molecule has 1 amide bonds. The van der Waals surface area contributed by atoms with Gasteiger partial charge in [0.25, 0.3) is 10.2 Å². The Hall–Kier alpha value is -1.44. The topological polar surface area (TPSA) is 83.7 Å². The third kappa shape index (κ3) is 2.88. The second kappa shape index (κ2) is 5.98. The first kappa shape index (κ1) is 15.5. The monoisotopic (exact) mass is 323 g/mol. The van der Waals surface area contributed by atoms with E-state index in [0.29, 0.717) is 32.5 Å². The number of piperidine rings is 1. The minimum absolute atomic E-state index is 0.204. The normalized spacial score (nSPS) is 23.9. The molecule has 0 bridgehead atoms. The van der Waals surface area contributed by atoms with Crippen LogP contribution in [-0.4, -0.2) is 42.6 Å². The van der Waals surface area contributed by atoms with Gasteiger partial charge in [0, 0.05) is 26.2 Å². The molecule has 1 aromatic carbocycles. The summed E-state index contributed by atoms with van der Waals surface area (Å²) in [5, 5.41) is 0. The van der Waals surface area contributed by atoms with E-state index < -0.39 is 16.1 Å². The number of fused-ring (bicyclic) bond motifs is 1. The van der Waals surface area contributed by atoms with E-state index in [2.05, 4.69) is 0 Å². The predicted molar refractivity (Wildman–Crippen MR) is 83.0 cm³/mol. The first-order valence-electron chi connectivity index (χ1n) is 7.60. The quantitative estimate of drug-likeness (QED) is 0.878. The molecule has 2 N–H and O–H groups in total. The van der Waals surface area contributed by atoms with Crippen molar-refractivity contribution >= 4 is 16.1 Å². The number of nitrogens with two attached hydrogens (primary N) is 1. The maximum atomic E-state index is 12.8. The third-order valence-corrected chi connectivity index (χ3v) is 6.48. The summed E-state index contributed by atoms with van der Waals surface area (Å²) in [4.78, 5) is 11.4. The Balaban J connectivity index is 1.78. The Bertz CT molecular complexity index is 674. The van der Waals surface area contributed by atoms with Crippen LogP contribution in [0.25, 0.3) is 0 Å². The second-order valence-corrected chi connectivity index (χ2v) is 7.89. The molecule has 1 atom stereocenters. The fraction of sp³-hybridized carbons (Fsp3) is 0.533. The molecule has 0 aliphatic carbocycles. The summed E-state index contributed by atoms with van der Waals surface area (Å²) in [7, 11) is -3.54. The molecule has 2 aliphatic heterocycles. The summed E-state index contributed by atoms with van der Waals surface area (Å²) >= 11 is 0. The molecule has 3 rings (SSSR count). The second-order valence-electron chi connectivity index (χ2n) is 5.96. The minimum Gasteiger partial charge on any atom is -0.369 e. The lowest BCUT2D eigenvalue weighted by Gasteiger charge is -2.36. The third-order valence-electron chi connectivity index (χ3n) is 4.53. The molecule has 2 aliphatic rings. The molecule has 2 heterocycles. The average Bonchev–Trinajstić information content (AvgIpc) is 2.54. The molecule has 0 unspecified atom stereocenters. The standard InChI is InChI=1S/C15H21N3O3S/c16-15(19)14-6-3-8-17(11-14)22(20,21)18-9-7-12-4-1-2-5-13(12)10-18/h1-2,4-5,14H,3,6-11H2,(H2,16,19)/t14-/m1/s1. The van der Waals surface area contributed by atoms with Gasteiger partial charge in [-0.05, 0) is 30.4 Å². The number of nitrogens with zero attached hydrogens (tertiary/aromatic N) is 2. The Morgan fingerprint density at radius 2 is 1.86 bits per heavy atom. The van der Waals surface area contributed by atoms with Gasteiger partial charge in [-0.2, -0.15) is 17.0 Å². The van der Waals surface area contributed by atoms with Crippen molar-refractivity contribution in [2.24, 2.45) is 11.7 Å². The molecule has 0 radical (unpaired) electrons. The minimum atomic E-state index is -3.54. The zero-order chi connectivity index (χ0) is 15.7. The zero-order valence-corrected chi connectivity index (χ0v) is 13.3. The molecular weight excluding hydrogens is 302 g/mol. The van der Waals surface area contributed by atoms with Gasteiger partial charge < -0.3 is 5.73 Å². The van der Waals surface area contributed by atoms with Gasteiger partial charge in [-0.1, -0.05) is 24.3 Å². The smallest absolute Gasteiger partial charge is 0.282 e. The highest BCUT2D eigenvalue weighted by molar-refractivity contribution is 7.86. The lowest BCUT2D eigenvalue weighted by atomic mass is 9.99. The van der Waals surface area contributed by atoms with Crippen LogP contribution in [0.5, 0.6) is 0 Å². The summed E-state index contributed by atoms with van der Waals surface area (Å²) in [6.45, 7) is 1.55. The number of benzene rings is 1. The molecule has 1 aromatic rings. The summed E-state index contributed by atoms with van der Waals surface area (Å²) in [5.74, 6) is -0.788. The maximum absolute atomic E-state index is 12.8. The summed E-state index contributed by atoms with van der Waals surface area (Å²) in [6, 6.07) is 7.92. The van der Waals surface area contributed by atoms with Crippen LogP contribution >= 0.6 is 0 Å². The Morgan fingerprint density at radius 1 is 1.14 bits per heavy atom. The van der Waals surface area contributed by atoms with Gasteiger partial charge in [0.1, 0.15) is 0 Å². The predicted octanol–water partition coefficient (Wildman–Crippen LogP) is 0.487. The van der Waals surface area contributed by atoms with Crippen LogP contribution in [0.4, 0.5) is 0 Å². The Kier molecular flexibility index (Phi) is 4.20. The number of carbonyl (C=O) groups is 1. The number of rotatable bonds is 3. The number of hydrogen-bond donors (Lipinski definition) is 1. The first-order valence-corrected chi connectivity index (χ1v) is 8.99. The van der Waals surface area contributed by atoms with Crippen molar-refractivity contribution in [1.29, 1.82) is 0 Å². The first-order chi connectivity index (χ1) is 10.5. The van der Waals surface area contributed by atoms with Crippen molar-refractivity contribution in [3.8, 4) is 0 Å². The number of amides is 1. The molecule has 22 heavy (non-hydrogen) atoms. The SMILES string of the molecule is NC(=O)[C@@H]1CCCN(S(=O)(=O)N2CCc3ccccc3C2)C1. The van der Waals surface area contributed by atoms with E-state index in [1.54, 1.807) is 0 Å². The summed E-state index contributed by atoms with van der Waals surface area (Å²) in [6.07, 6.45) is 2.07. The van der Waals surface area contributed by atoms with E-state index in [9.17, 15) is 13.2 Å². The van der Waals surface area contributed by atoms with E-state index in [1.807, 2.05) is 24.3 Å². The highest BCUT2D eigenvalue weighted by Crippen LogP contribution is 2.25. The molecule has 7 heteroatoms. The zero-order valence-electron chi connectivity index (χ0n) is 12.4. The lowest BCUT2D eigenvalue weighted by Crippen LogP contribution is -2.50. The van der Waals surface area contributed by atoms with Crippen LogP contribution < -0.4 is 5.73 Å². The van der Waals surface area contributed by atoms with E-state index >= 15 is 0 Å². The molecule has 0 spiro atoms. The average molecular weight is 323 g/mol. The highest BCUT2D eigenvalue weighted by Gasteiger charge is 2.36. The van der Waals surface area contributed by atoms with Crippen molar-refractivity contribution in [3.05, 3.63) is 35.4 Å². The van der Waals surface area contributed by atoms with Crippen molar-refractivity contribution in [1.82, 2.24) is 8.61 Å². The van der Waals surface area contributed by atoms with Crippen LogP contribution in [0.3, 0.4) is 0 Å². The van der Waals surface area contributed by atoms with Gasteiger partial charge in [-0.3, -0.25) is 4.79 Å². The van der Waals surface area contributed by atoms with Crippen molar-refractivity contribution in [2.45, 2.75) is 25.8 Å². The molecule has 1 fully saturated rings. The summed E-state index contributed by atoms with van der Waals surface area (Å²) in [5.41, 5.74) is 7.61. The van der Waals surface area contributed by atoms with E-state index in [1.165, 1.54) is 14.2 Å². The fourth-order valence-corrected chi connectivity index (χ4v) is 4.89. The van der Waals surface area contributed by atoms with E-state index in [0.717, 1.165) is 12.0 Å². The van der Waals surface area contributed by atoms with Gasteiger partial charge in [-0.25, -0.2) is 0 Å². The van der Waals surface area contributed by atoms with Gasteiger partial charge >= 0.3 is 0 Å². The fourth-order valence-electron chi connectivity index (χ4n) is 3.21. The molecular formula is C15H21N3O3S. The van der Waals surface area contributed by atoms with E-state index in [-0.39, 0.29) is 12.5 Å². The van der Waals surface area contributed by atoms with E-state index in [4.69, 9.17) is 5.73 Å². The van der Waals surface area contributed by atoms with Crippen molar-refractivity contribution in [2.75, 3.05) is 19.6 Å². The number of hydrogen-bond acceptors (Lipinski definition) is 3. The van der Waals surface area contributed by atoms with Crippen molar-refractivity contribution in [3.63, 3.8) is 0 Å². The molecule has 6 nitrogen and oxygen atoms in total. The maximum Gasteiger partial charge on any atom is 0.282 e. The van der Waals surface area contributed by atoms with Gasteiger partial charge in [0.2, 0.25) is 5.91 Å². The van der Waals surface area contributed by atoms with Gasteiger partial charge in [-0.15, -0.1) is 0 Å². The van der Waals surface area contributed by atoms with Gasteiger partial charge in [0.05, 0.1) is 5.92 Å². The number of carbonyl (C=O) groups excluding carboxylic acids is 1. The van der Waals surface area contributed by atoms with Crippen LogP contribution in [0.15, 0.2) is 24.3 Å². The van der Waals surface area contributed by atoms with Crippen LogP contribution in [-0.2, 0) is 28.0 Å². The molecule has 0 saturated carbocycles. The Labute approximate surface area is 131 Å². The number of primary amides is 1. The largest absolute Gasteiger partial charge is 0.369 e. The van der Waals surface area contributed by atoms with Gasteiger partial charge in [0.15, 0.2) is 0 Å². The highest BCUT2D eigenvalue weighted by atomic mass is 32.2. The van der Waals surface area contributed by atoms with Crippen LogP contribution in [0.1, 0.15) is 24.0 Å². The lowest BCUT2D eigenvalue weighted by molar-refractivity contribution is -0.122. The van der Waals surface area contributed by atoms with Crippen molar-refractivity contribution < 1.29 is 13.2 Å². The summed E-state index contributed by atoms with van der Waals surface area (Å²) < 4.78 is 28.6.